The normalized spacial score (nSPS) is 21.0. The minimum Gasteiger partial charge on any atom is -0.391 e. The van der Waals surface area contributed by atoms with E-state index in [1.54, 1.807) is 4.90 Å². The Bertz CT molecular complexity index is 389. The molecule has 0 aromatic carbocycles. The topological polar surface area (TPSA) is 53.4 Å². The number of thiazole rings is 1. The predicted octanol–water partition coefficient (Wildman–Crippen LogP) is 0.967. The summed E-state index contributed by atoms with van der Waals surface area (Å²) >= 11 is 1.43. The van der Waals surface area contributed by atoms with Crippen molar-refractivity contribution in [3.05, 3.63) is 15.6 Å². The highest BCUT2D eigenvalue weighted by molar-refractivity contribution is 7.13. The first-order valence-corrected chi connectivity index (χ1v) is 5.81. The molecule has 0 bridgehead atoms. The number of hydrogen-bond acceptors (Lipinski definition) is 4. The maximum absolute atomic E-state index is 12.0. The van der Waals surface area contributed by atoms with Crippen LogP contribution in [0.4, 0.5) is 0 Å². The number of carbonyl (C=O) groups is 1. The third-order valence-corrected chi connectivity index (χ3v) is 3.61. The fourth-order valence-corrected chi connectivity index (χ4v) is 2.69. The molecular formula is C10H14N2O2S. The lowest BCUT2D eigenvalue weighted by Gasteiger charge is -2.14. The van der Waals surface area contributed by atoms with E-state index >= 15 is 0 Å². The number of aryl methyl sites for hydroxylation is 2. The van der Waals surface area contributed by atoms with Crippen LogP contribution in [0.25, 0.3) is 0 Å². The standard InChI is InChI=1S/C10H14N2O2S/c1-6-9(15-7(2)11-6)10(14)12-4-3-8(13)5-12/h8,13H,3-5H2,1-2H3/t8-/m0/s1. The summed E-state index contributed by atoms with van der Waals surface area (Å²) in [6.07, 6.45) is 0.325. The van der Waals surface area contributed by atoms with Crippen LogP contribution >= 0.6 is 11.3 Å². The van der Waals surface area contributed by atoms with Crippen LogP contribution in [0.15, 0.2) is 0 Å². The number of likely N-dealkylation sites (tertiary alicyclic amines) is 1. The monoisotopic (exact) mass is 226 g/mol. The van der Waals surface area contributed by atoms with Gasteiger partial charge in [-0.05, 0) is 20.3 Å². The van der Waals surface area contributed by atoms with Gasteiger partial charge in [-0.3, -0.25) is 4.79 Å². The zero-order valence-corrected chi connectivity index (χ0v) is 9.67. The number of nitrogens with zero attached hydrogens (tertiary/aromatic N) is 2. The molecule has 0 unspecified atom stereocenters. The fourth-order valence-electron chi connectivity index (χ4n) is 1.80. The molecule has 2 heterocycles. The van der Waals surface area contributed by atoms with Gasteiger partial charge in [-0.1, -0.05) is 0 Å². The third-order valence-electron chi connectivity index (χ3n) is 2.55. The van der Waals surface area contributed by atoms with Crippen molar-refractivity contribution < 1.29 is 9.90 Å². The van der Waals surface area contributed by atoms with Crippen molar-refractivity contribution in [2.45, 2.75) is 26.4 Å². The van der Waals surface area contributed by atoms with Crippen molar-refractivity contribution in [2.75, 3.05) is 13.1 Å². The van der Waals surface area contributed by atoms with Crippen molar-refractivity contribution in [1.29, 1.82) is 0 Å². The number of aliphatic hydroxyl groups excluding tert-OH is 1. The summed E-state index contributed by atoms with van der Waals surface area (Å²) in [5, 5.41) is 10.3. The smallest absolute Gasteiger partial charge is 0.265 e. The van der Waals surface area contributed by atoms with Gasteiger partial charge in [-0.25, -0.2) is 4.98 Å². The van der Waals surface area contributed by atoms with E-state index in [1.807, 2.05) is 13.8 Å². The fraction of sp³-hybridized carbons (Fsp3) is 0.600. The molecule has 1 N–H and O–H groups in total. The van der Waals surface area contributed by atoms with Crippen molar-refractivity contribution >= 4 is 17.2 Å². The molecule has 1 amide bonds. The van der Waals surface area contributed by atoms with Gasteiger partial charge in [-0.2, -0.15) is 0 Å². The second-order valence-electron chi connectivity index (χ2n) is 3.84. The highest BCUT2D eigenvalue weighted by Crippen LogP contribution is 2.21. The van der Waals surface area contributed by atoms with Gasteiger partial charge in [0, 0.05) is 13.1 Å². The number of aromatic nitrogens is 1. The molecule has 1 aromatic rings. The summed E-state index contributed by atoms with van der Waals surface area (Å²) in [6.45, 7) is 4.85. The minimum atomic E-state index is -0.358. The Morgan fingerprint density at radius 1 is 1.60 bits per heavy atom. The molecule has 1 aromatic heterocycles. The van der Waals surface area contributed by atoms with E-state index < -0.39 is 0 Å². The first-order chi connectivity index (χ1) is 7.08. The number of aliphatic hydroxyl groups is 1. The van der Waals surface area contributed by atoms with E-state index in [4.69, 9.17) is 0 Å². The maximum atomic E-state index is 12.0. The molecule has 1 atom stereocenters. The lowest BCUT2D eigenvalue weighted by Crippen LogP contribution is -2.29. The summed E-state index contributed by atoms with van der Waals surface area (Å²) in [7, 11) is 0. The van der Waals surface area contributed by atoms with Gasteiger partial charge in [0.1, 0.15) is 4.88 Å². The molecule has 0 saturated carbocycles. The molecule has 0 spiro atoms. The predicted molar refractivity (Wildman–Crippen MR) is 58.1 cm³/mol. The average Bonchev–Trinajstić information content (AvgIpc) is 2.71. The van der Waals surface area contributed by atoms with E-state index in [0.717, 1.165) is 10.7 Å². The Hall–Kier alpha value is -0.940. The van der Waals surface area contributed by atoms with Crippen LogP contribution < -0.4 is 0 Å². The number of amides is 1. The Kier molecular flexibility index (Phi) is 2.75. The molecule has 1 saturated heterocycles. The SMILES string of the molecule is Cc1nc(C)c(C(=O)N2CC[C@H](O)C2)s1. The summed E-state index contributed by atoms with van der Waals surface area (Å²) < 4.78 is 0. The Balaban J connectivity index is 2.17. The second-order valence-corrected chi connectivity index (χ2v) is 5.04. The van der Waals surface area contributed by atoms with Crippen molar-refractivity contribution in [1.82, 2.24) is 9.88 Å². The molecule has 4 nitrogen and oxygen atoms in total. The van der Waals surface area contributed by atoms with Crippen LogP contribution in [0.2, 0.25) is 0 Å². The van der Waals surface area contributed by atoms with Gasteiger partial charge in [0.05, 0.1) is 16.8 Å². The molecular weight excluding hydrogens is 212 g/mol. The largest absolute Gasteiger partial charge is 0.391 e. The molecule has 1 fully saturated rings. The van der Waals surface area contributed by atoms with Crippen LogP contribution in [-0.4, -0.2) is 40.1 Å². The van der Waals surface area contributed by atoms with Gasteiger partial charge in [0.2, 0.25) is 0 Å². The Labute approximate surface area is 92.6 Å². The third kappa shape index (κ3) is 2.03. The van der Waals surface area contributed by atoms with Gasteiger partial charge in [-0.15, -0.1) is 11.3 Å². The highest BCUT2D eigenvalue weighted by atomic mass is 32.1. The first kappa shape index (κ1) is 10.6. The summed E-state index contributed by atoms with van der Waals surface area (Å²) in [6, 6.07) is 0. The van der Waals surface area contributed by atoms with E-state index in [9.17, 15) is 9.90 Å². The summed E-state index contributed by atoms with van der Waals surface area (Å²) in [5.41, 5.74) is 0.795. The number of rotatable bonds is 1. The molecule has 1 aliphatic rings. The van der Waals surface area contributed by atoms with E-state index in [-0.39, 0.29) is 12.0 Å². The van der Waals surface area contributed by atoms with E-state index in [2.05, 4.69) is 4.98 Å². The zero-order valence-electron chi connectivity index (χ0n) is 8.86. The van der Waals surface area contributed by atoms with Crippen molar-refractivity contribution in [3.8, 4) is 0 Å². The minimum absolute atomic E-state index is 0.00894. The van der Waals surface area contributed by atoms with Crippen LogP contribution in [-0.2, 0) is 0 Å². The van der Waals surface area contributed by atoms with Gasteiger partial charge in [0.15, 0.2) is 0 Å². The van der Waals surface area contributed by atoms with Gasteiger partial charge < -0.3 is 10.0 Å². The summed E-state index contributed by atoms with van der Waals surface area (Å²) in [4.78, 5) is 18.7. The maximum Gasteiger partial charge on any atom is 0.265 e. The van der Waals surface area contributed by atoms with Crippen LogP contribution in [0, 0.1) is 13.8 Å². The molecule has 15 heavy (non-hydrogen) atoms. The molecule has 2 rings (SSSR count). The Morgan fingerprint density at radius 2 is 2.33 bits per heavy atom. The highest BCUT2D eigenvalue weighted by Gasteiger charge is 2.27. The van der Waals surface area contributed by atoms with Crippen LogP contribution in [0.1, 0.15) is 26.8 Å². The van der Waals surface area contributed by atoms with Gasteiger partial charge in [0.25, 0.3) is 5.91 Å². The molecule has 5 heteroatoms. The van der Waals surface area contributed by atoms with E-state index in [1.165, 1.54) is 11.3 Å². The number of β-amino-alcohol motifs (C(OH)–C–C–N with tert-alkyl or cyclic N) is 1. The molecule has 82 valence electrons. The molecule has 0 radical (unpaired) electrons. The number of hydrogen-bond donors (Lipinski definition) is 1. The zero-order chi connectivity index (χ0) is 11.0. The lowest BCUT2D eigenvalue weighted by atomic mass is 10.3. The van der Waals surface area contributed by atoms with Crippen LogP contribution in [0.5, 0.6) is 0 Å². The Morgan fingerprint density at radius 3 is 2.80 bits per heavy atom. The van der Waals surface area contributed by atoms with E-state index in [0.29, 0.717) is 24.4 Å². The average molecular weight is 226 g/mol. The second kappa shape index (κ2) is 3.90. The number of carbonyl (C=O) groups excluding carboxylic acids is 1. The lowest BCUT2D eigenvalue weighted by molar-refractivity contribution is 0.0769. The molecule has 0 aliphatic carbocycles. The molecule has 1 aliphatic heterocycles. The summed E-state index contributed by atoms with van der Waals surface area (Å²) in [5.74, 6) is 0.00894. The van der Waals surface area contributed by atoms with Crippen molar-refractivity contribution in [2.24, 2.45) is 0 Å². The van der Waals surface area contributed by atoms with Crippen LogP contribution in [0.3, 0.4) is 0 Å². The van der Waals surface area contributed by atoms with Crippen molar-refractivity contribution in [3.63, 3.8) is 0 Å². The first-order valence-electron chi connectivity index (χ1n) is 4.99. The quantitative estimate of drug-likeness (QED) is 0.776. The van der Waals surface area contributed by atoms with Gasteiger partial charge >= 0.3 is 0 Å².